The fraction of sp³-hybridized carbons (Fsp3) is 0. The quantitative estimate of drug-likeness (QED) is 0.379. The van der Waals surface area contributed by atoms with Crippen LogP contribution in [0.5, 0.6) is 0 Å². The fourth-order valence-corrected chi connectivity index (χ4v) is 3.60. The van der Waals surface area contributed by atoms with E-state index in [2.05, 4.69) is 0 Å². The Bertz CT molecular complexity index is 1250. The average molecular weight is 670 g/mol. The minimum Gasteiger partial charge on any atom is -0.744 e. The Kier molecular flexibility index (Phi) is 13.0. The van der Waals surface area contributed by atoms with Crippen LogP contribution in [-0.4, -0.2) is 38.9 Å². The van der Waals surface area contributed by atoms with Crippen molar-refractivity contribution in [3.63, 3.8) is 0 Å². The molecule has 0 spiro atoms. The Labute approximate surface area is 226 Å². The molecule has 0 aliphatic rings. The average Bonchev–Trinajstić information content (AvgIpc) is 2.67. The maximum Gasteiger partial charge on any atom is 3.00 e. The van der Waals surface area contributed by atoms with Crippen LogP contribution in [0.15, 0.2) is 87.5 Å². The van der Waals surface area contributed by atoms with Gasteiger partial charge in [0.15, 0.2) is 0 Å². The van der Waals surface area contributed by atoms with Crippen molar-refractivity contribution in [3.05, 3.63) is 90.2 Å². The summed E-state index contributed by atoms with van der Waals surface area (Å²) in [5.74, 6) is -3.03. The third kappa shape index (κ3) is 10.8. The summed E-state index contributed by atoms with van der Waals surface area (Å²) < 4.78 is 130. The molecule has 3 rings (SSSR count). The van der Waals surface area contributed by atoms with E-state index in [1.807, 2.05) is 0 Å². The molecule has 0 unspecified atom stereocenters. The second kappa shape index (κ2) is 13.6. The van der Waals surface area contributed by atoms with Crippen LogP contribution in [0.1, 0.15) is 0 Å². The van der Waals surface area contributed by atoms with Crippen molar-refractivity contribution in [2.24, 2.45) is 0 Å². The second-order valence-corrected chi connectivity index (χ2v) is 9.70. The first-order valence-electron chi connectivity index (χ1n) is 8.16. The van der Waals surface area contributed by atoms with Crippen LogP contribution in [0.2, 0.25) is 0 Å². The standard InChI is InChI=1S/3C6H5FO3S.Pm/c3*7-5-3-1-2-4-6(5)11(8,9)10;/h3*1-4H,(H,8,9,10);/q;;;+3/p-3. The van der Waals surface area contributed by atoms with Gasteiger partial charge in [-0.05, 0) is 36.4 Å². The molecule has 182 valence electrons. The Morgan fingerprint density at radius 2 is 0.618 bits per heavy atom. The van der Waals surface area contributed by atoms with Gasteiger partial charge in [-0.25, -0.2) is 38.4 Å². The summed E-state index contributed by atoms with van der Waals surface area (Å²) in [5.41, 5.74) is 0. The molecular weight excluding hydrogens is 658 g/mol. The van der Waals surface area contributed by atoms with Crippen molar-refractivity contribution < 1.29 is 92.5 Å². The maximum atomic E-state index is 12.5. The fourth-order valence-electron chi connectivity index (χ4n) is 1.94. The van der Waals surface area contributed by atoms with Gasteiger partial charge in [-0.3, -0.25) is 0 Å². The summed E-state index contributed by atoms with van der Waals surface area (Å²) in [5, 5.41) is 0. The molecule has 0 aliphatic heterocycles. The molecule has 3 aromatic rings. The molecule has 0 fully saturated rings. The third-order valence-electron chi connectivity index (χ3n) is 3.32. The molecule has 0 aliphatic carbocycles. The molecule has 0 atom stereocenters. The molecule has 0 aromatic heterocycles. The summed E-state index contributed by atoms with van der Waals surface area (Å²) in [7, 11) is -14.0. The van der Waals surface area contributed by atoms with E-state index in [1.165, 1.54) is 36.4 Å². The van der Waals surface area contributed by atoms with Gasteiger partial charge in [0.1, 0.15) is 47.8 Å². The molecular formula is C18H12F3O9PmS3. The molecule has 0 saturated carbocycles. The van der Waals surface area contributed by atoms with Crippen LogP contribution in [0.3, 0.4) is 0 Å². The van der Waals surface area contributed by atoms with E-state index in [1.54, 1.807) is 0 Å². The predicted molar refractivity (Wildman–Crippen MR) is 103 cm³/mol. The first-order valence-corrected chi connectivity index (χ1v) is 12.4. The van der Waals surface area contributed by atoms with Crippen molar-refractivity contribution in [1.82, 2.24) is 0 Å². The Hall–Kier alpha value is -1.48. The molecule has 0 amide bonds. The van der Waals surface area contributed by atoms with Gasteiger partial charge in [0, 0.05) is 0 Å². The second-order valence-electron chi connectivity index (χ2n) is 5.65. The summed E-state index contributed by atoms with van der Waals surface area (Å²) >= 11 is 0. The van der Waals surface area contributed by atoms with Crippen LogP contribution < -0.4 is 0 Å². The van der Waals surface area contributed by atoms with Gasteiger partial charge >= 0.3 is 40.4 Å². The van der Waals surface area contributed by atoms with Gasteiger partial charge in [-0.2, -0.15) is 0 Å². The van der Waals surface area contributed by atoms with Gasteiger partial charge in [-0.1, -0.05) is 36.4 Å². The minimum absolute atomic E-state index is 0. The van der Waals surface area contributed by atoms with E-state index in [0.29, 0.717) is 0 Å². The zero-order valence-corrected chi connectivity index (χ0v) is 21.7. The van der Waals surface area contributed by atoms with Gasteiger partial charge in [0.25, 0.3) is 0 Å². The molecule has 3 aromatic carbocycles. The summed E-state index contributed by atoms with van der Waals surface area (Å²) in [6.07, 6.45) is 0. The molecule has 0 N–H and O–H groups in total. The van der Waals surface area contributed by atoms with Crippen molar-refractivity contribution in [2.75, 3.05) is 0 Å². The molecule has 0 radical (unpaired) electrons. The first-order chi connectivity index (χ1) is 15.0. The van der Waals surface area contributed by atoms with Crippen LogP contribution in [0.25, 0.3) is 0 Å². The number of benzene rings is 3. The molecule has 0 bridgehead atoms. The van der Waals surface area contributed by atoms with Crippen LogP contribution in [-0.2, 0) is 30.4 Å². The summed E-state index contributed by atoms with van der Waals surface area (Å²) in [6, 6.07) is 13.3. The van der Waals surface area contributed by atoms with E-state index in [4.69, 9.17) is 0 Å². The number of hydrogen-bond donors (Lipinski definition) is 0. The van der Waals surface area contributed by atoms with E-state index < -0.39 is 62.5 Å². The summed E-state index contributed by atoms with van der Waals surface area (Å²) in [4.78, 5) is -2.42. The first kappa shape index (κ1) is 32.5. The van der Waals surface area contributed by atoms with Crippen LogP contribution in [0, 0.1) is 57.8 Å². The van der Waals surface area contributed by atoms with Crippen molar-refractivity contribution >= 4 is 30.4 Å². The zero-order chi connectivity index (χ0) is 25.4. The van der Waals surface area contributed by atoms with Crippen molar-refractivity contribution in [2.45, 2.75) is 14.7 Å². The molecule has 9 nitrogen and oxygen atoms in total. The van der Waals surface area contributed by atoms with E-state index in [0.717, 1.165) is 36.4 Å². The predicted octanol–water partition coefficient (Wildman–Crippen LogP) is 2.19. The number of halogens is 3. The largest absolute Gasteiger partial charge is 3.00 e. The van der Waals surface area contributed by atoms with Gasteiger partial charge in [-0.15, -0.1) is 0 Å². The summed E-state index contributed by atoms with van der Waals surface area (Å²) in [6.45, 7) is 0. The normalized spacial score (nSPS) is 11.1. The Morgan fingerprint density at radius 1 is 0.441 bits per heavy atom. The smallest absolute Gasteiger partial charge is 0.744 e. The zero-order valence-electron chi connectivity index (χ0n) is 16.4. The SMILES string of the molecule is O=S(=O)([O-])c1ccccc1F.O=S(=O)([O-])c1ccccc1F.O=S(=O)([O-])c1ccccc1F.[Pm+3]. The van der Waals surface area contributed by atoms with Gasteiger partial charge < -0.3 is 13.7 Å². The molecule has 16 heteroatoms. The number of rotatable bonds is 3. The monoisotopic (exact) mass is 670 g/mol. The minimum atomic E-state index is -4.66. The molecule has 0 saturated heterocycles. The van der Waals surface area contributed by atoms with E-state index in [-0.39, 0.29) is 40.4 Å². The van der Waals surface area contributed by atoms with Crippen LogP contribution >= 0.6 is 0 Å². The maximum absolute atomic E-state index is 12.5. The van der Waals surface area contributed by atoms with E-state index >= 15 is 0 Å². The molecule has 0 heterocycles. The van der Waals surface area contributed by atoms with Crippen LogP contribution in [0.4, 0.5) is 13.2 Å². The Morgan fingerprint density at radius 3 is 0.735 bits per heavy atom. The van der Waals surface area contributed by atoms with Crippen molar-refractivity contribution in [3.8, 4) is 0 Å². The van der Waals surface area contributed by atoms with Gasteiger partial charge in [0.2, 0.25) is 0 Å². The topological polar surface area (TPSA) is 172 Å². The number of hydrogen-bond acceptors (Lipinski definition) is 9. The third-order valence-corrected chi connectivity index (χ3v) is 5.93. The van der Waals surface area contributed by atoms with Crippen molar-refractivity contribution in [1.29, 1.82) is 0 Å². The van der Waals surface area contributed by atoms with Gasteiger partial charge in [0.05, 0.1) is 14.7 Å². The molecule has 34 heavy (non-hydrogen) atoms. The Balaban J connectivity index is 0.000000473. The van der Waals surface area contributed by atoms with E-state index in [9.17, 15) is 52.1 Å².